The van der Waals surface area contributed by atoms with E-state index in [9.17, 15) is 9.18 Å². The molecule has 0 unspecified atom stereocenters. The molecule has 1 aromatic heterocycles. The highest BCUT2D eigenvalue weighted by molar-refractivity contribution is 5.88. The van der Waals surface area contributed by atoms with Crippen molar-refractivity contribution in [2.75, 3.05) is 0 Å². The number of furan rings is 1. The number of benzene rings is 1. The number of hydrogen-bond acceptors (Lipinski definition) is 2. The first-order chi connectivity index (χ1) is 7.16. The van der Waals surface area contributed by atoms with Crippen molar-refractivity contribution in [1.29, 1.82) is 0 Å². The Morgan fingerprint density at radius 2 is 1.93 bits per heavy atom. The summed E-state index contributed by atoms with van der Waals surface area (Å²) in [4.78, 5) is 10.6. The minimum atomic E-state index is -1.05. The molecular weight excluding hydrogens is 199 g/mol. The van der Waals surface area contributed by atoms with Crippen LogP contribution in [0.5, 0.6) is 0 Å². The molecule has 2 rings (SSSR count). The van der Waals surface area contributed by atoms with Crippen molar-refractivity contribution in [3.63, 3.8) is 0 Å². The maximum Gasteiger partial charge on any atom is 0.338 e. The Balaban J connectivity index is 2.37. The minimum Gasteiger partial charge on any atom is -0.478 e. The van der Waals surface area contributed by atoms with Gasteiger partial charge in [-0.1, -0.05) is 0 Å². The standard InChI is InChI=1S/C11H7FO3/c12-9-3-1-7(2-4-9)10-5-8(6-15-10)11(13)14/h1-6H,(H,13,14). The molecule has 1 N–H and O–H groups in total. The third-order valence-electron chi connectivity index (χ3n) is 1.98. The van der Waals surface area contributed by atoms with Gasteiger partial charge in [-0.15, -0.1) is 0 Å². The van der Waals surface area contributed by atoms with Crippen LogP contribution in [-0.2, 0) is 0 Å². The van der Waals surface area contributed by atoms with Crippen molar-refractivity contribution in [1.82, 2.24) is 0 Å². The highest BCUT2D eigenvalue weighted by atomic mass is 19.1. The molecule has 1 heterocycles. The molecule has 4 heteroatoms. The van der Waals surface area contributed by atoms with Gasteiger partial charge in [0.1, 0.15) is 17.8 Å². The zero-order chi connectivity index (χ0) is 10.8. The fourth-order valence-electron chi connectivity index (χ4n) is 1.21. The molecule has 0 aliphatic heterocycles. The molecule has 15 heavy (non-hydrogen) atoms. The van der Waals surface area contributed by atoms with Gasteiger partial charge in [0.2, 0.25) is 0 Å². The lowest BCUT2D eigenvalue weighted by molar-refractivity contribution is 0.0696. The van der Waals surface area contributed by atoms with E-state index in [2.05, 4.69) is 0 Å². The van der Waals surface area contributed by atoms with Crippen LogP contribution < -0.4 is 0 Å². The average molecular weight is 206 g/mol. The normalized spacial score (nSPS) is 10.2. The second-order valence-corrected chi connectivity index (χ2v) is 3.01. The van der Waals surface area contributed by atoms with Crippen LogP contribution in [0.2, 0.25) is 0 Å². The number of carbonyl (C=O) groups is 1. The SMILES string of the molecule is O=C(O)c1coc(-c2ccc(F)cc2)c1. The van der Waals surface area contributed by atoms with Crippen molar-refractivity contribution in [3.05, 3.63) is 48.0 Å². The maximum atomic E-state index is 12.6. The van der Waals surface area contributed by atoms with Gasteiger partial charge in [-0.05, 0) is 30.3 Å². The van der Waals surface area contributed by atoms with E-state index in [1.165, 1.54) is 30.3 Å². The zero-order valence-electron chi connectivity index (χ0n) is 7.61. The monoisotopic (exact) mass is 206 g/mol. The average Bonchev–Trinajstić information content (AvgIpc) is 2.68. The van der Waals surface area contributed by atoms with Gasteiger partial charge in [0.25, 0.3) is 0 Å². The number of carboxylic acids is 1. The lowest BCUT2D eigenvalue weighted by atomic mass is 10.1. The van der Waals surface area contributed by atoms with Crippen LogP contribution in [0.1, 0.15) is 10.4 Å². The second kappa shape index (κ2) is 3.57. The third-order valence-corrected chi connectivity index (χ3v) is 1.98. The number of hydrogen-bond donors (Lipinski definition) is 1. The summed E-state index contributed by atoms with van der Waals surface area (Å²) in [6.45, 7) is 0. The van der Waals surface area contributed by atoms with E-state index in [-0.39, 0.29) is 11.4 Å². The van der Waals surface area contributed by atoms with Crippen LogP contribution in [-0.4, -0.2) is 11.1 Å². The first-order valence-corrected chi connectivity index (χ1v) is 4.24. The molecule has 0 amide bonds. The summed E-state index contributed by atoms with van der Waals surface area (Å²) >= 11 is 0. The molecule has 0 fully saturated rings. The van der Waals surface area contributed by atoms with Gasteiger partial charge >= 0.3 is 5.97 Å². The molecule has 0 saturated heterocycles. The Morgan fingerprint density at radius 1 is 1.27 bits per heavy atom. The van der Waals surface area contributed by atoms with Crippen LogP contribution in [0.4, 0.5) is 4.39 Å². The maximum absolute atomic E-state index is 12.6. The van der Waals surface area contributed by atoms with Gasteiger partial charge in [0.15, 0.2) is 0 Å². The van der Waals surface area contributed by atoms with E-state index in [4.69, 9.17) is 9.52 Å². The lowest BCUT2D eigenvalue weighted by Crippen LogP contribution is -1.91. The third kappa shape index (κ3) is 1.88. The molecule has 2 aromatic rings. The Hall–Kier alpha value is -2.10. The summed E-state index contributed by atoms with van der Waals surface area (Å²) in [6.07, 6.45) is 1.15. The summed E-state index contributed by atoms with van der Waals surface area (Å²) in [5, 5.41) is 8.67. The summed E-state index contributed by atoms with van der Waals surface area (Å²) in [6, 6.07) is 7.03. The molecule has 0 saturated carbocycles. The van der Waals surface area contributed by atoms with Gasteiger partial charge < -0.3 is 9.52 Å². The lowest BCUT2D eigenvalue weighted by Gasteiger charge is -1.94. The smallest absolute Gasteiger partial charge is 0.338 e. The summed E-state index contributed by atoms with van der Waals surface area (Å²) in [5.74, 6) is -0.983. The van der Waals surface area contributed by atoms with E-state index in [1.54, 1.807) is 0 Å². The van der Waals surface area contributed by atoms with Crippen molar-refractivity contribution < 1.29 is 18.7 Å². The summed E-state index contributed by atoms with van der Waals surface area (Å²) < 4.78 is 17.7. The van der Waals surface area contributed by atoms with E-state index in [0.29, 0.717) is 11.3 Å². The molecule has 1 aromatic carbocycles. The molecule has 0 bridgehead atoms. The van der Waals surface area contributed by atoms with Crippen LogP contribution in [0.25, 0.3) is 11.3 Å². The minimum absolute atomic E-state index is 0.0781. The van der Waals surface area contributed by atoms with Crippen molar-refractivity contribution in [2.45, 2.75) is 0 Å². The fraction of sp³-hybridized carbons (Fsp3) is 0. The Labute approximate surface area is 84.8 Å². The molecule has 0 spiro atoms. The van der Waals surface area contributed by atoms with E-state index >= 15 is 0 Å². The van der Waals surface area contributed by atoms with E-state index < -0.39 is 5.97 Å². The first kappa shape index (κ1) is 9.45. The van der Waals surface area contributed by atoms with Gasteiger partial charge in [0, 0.05) is 5.56 Å². The molecule has 3 nitrogen and oxygen atoms in total. The zero-order valence-corrected chi connectivity index (χ0v) is 7.61. The van der Waals surface area contributed by atoms with Crippen LogP contribution >= 0.6 is 0 Å². The topological polar surface area (TPSA) is 50.4 Å². The molecular formula is C11H7FO3. The van der Waals surface area contributed by atoms with Gasteiger partial charge in [-0.3, -0.25) is 0 Å². The summed E-state index contributed by atoms with van der Waals surface area (Å²) in [5.41, 5.74) is 0.721. The summed E-state index contributed by atoms with van der Waals surface area (Å²) in [7, 11) is 0. The number of aromatic carboxylic acids is 1. The molecule has 0 aliphatic rings. The highest BCUT2D eigenvalue weighted by Gasteiger charge is 2.09. The first-order valence-electron chi connectivity index (χ1n) is 4.24. The van der Waals surface area contributed by atoms with E-state index in [1.807, 2.05) is 0 Å². The van der Waals surface area contributed by atoms with Gasteiger partial charge in [0.05, 0.1) is 5.56 Å². The van der Waals surface area contributed by atoms with Gasteiger partial charge in [-0.2, -0.15) is 0 Å². The van der Waals surface area contributed by atoms with E-state index in [0.717, 1.165) is 6.26 Å². The quantitative estimate of drug-likeness (QED) is 0.821. The predicted molar refractivity (Wildman–Crippen MR) is 51.1 cm³/mol. The van der Waals surface area contributed by atoms with Crippen LogP contribution in [0.3, 0.4) is 0 Å². The Morgan fingerprint density at radius 3 is 2.47 bits per heavy atom. The van der Waals surface area contributed by atoms with Crippen molar-refractivity contribution in [3.8, 4) is 11.3 Å². The Bertz CT molecular complexity index is 485. The van der Waals surface area contributed by atoms with Crippen molar-refractivity contribution in [2.24, 2.45) is 0 Å². The van der Waals surface area contributed by atoms with Crippen LogP contribution in [0.15, 0.2) is 41.0 Å². The number of halogens is 1. The second-order valence-electron chi connectivity index (χ2n) is 3.01. The largest absolute Gasteiger partial charge is 0.478 e. The molecule has 76 valence electrons. The van der Waals surface area contributed by atoms with Gasteiger partial charge in [-0.25, -0.2) is 9.18 Å². The molecule has 0 atom stereocenters. The van der Waals surface area contributed by atoms with Crippen molar-refractivity contribution >= 4 is 5.97 Å². The predicted octanol–water partition coefficient (Wildman–Crippen LogP) is 2.78. The highest BCUT2D eigenvalue weighted by Crippen LogP contribution is 2.22. The Kier molecular flexibility index (Phi) is 2.25. The number of carboxylic acid groups (broad SMARTS) is 1. The van der Waals surface area contributed by atoms with Crippen LogP contribution in [0, 0.1) is 5.82 Å². The number of rotatable bonds is 2. The molecule has 0 radical (unpaired) electrons. The molecule has 0 aliphatic carbocycles. The fourth-order valence-corrected chi connectivity index (χ4v) is 1.21.